The van der Waals surface area contributed by atoms with Gasteiger partial charge >= 0.3 is 0 Å². The molecule has 1 aliphatic rings. The third kappa shape index (κ3) is 4.65. The number of carbonyl (C=O) groups excluding carboxylic acids is 2. The lowest BCUT2D eigenvalue weighted by Crippen LogP contribution is -2.23. The van der Waals surface area contributed by atoms with Crippen LogP contribution in [0.25, 0.3) is 0 Å². The van der Waals surface area contributed by atoms with Crippen molar-refractivity contribution in [3.8, 4) is 0 Å². The fourth-order valence-electron chi connectivity index (χ4n) is 2.95. The van der Waals surface area contributed by atoms with Gasteiger partial charge in [-0.2, -0.15) is 0 Å². The van der Waals surface area contributed by atoms with Crippen LogP contribution in [0.2, 0.25) is 0 Å². The van der Waals surface area contributed by atoms with Gasteiger partial charge in [0.15, 0.2) is 0 Å². The quantitative estimate of drug-likeness (QED) is 0.825. The number of nitrogens with zero attached hydrogens (tertiary/aromatic N) is 1. The van der Waals surface area contributed by atoms with Crippen LogP contribution in [0, 0.1) is 6.92 Å². The maximum atomic E-state index is 12.6. The Morgan fingerprint density at radius 2 is 1.93 bits per heavy atom. The smallest absolute Gasteiger partial charge is 0.255 e. The van der Waals surface area contributed by atoms with Crippen LogP contribution in [-0.4, -0.2) is 33.0 Å². The van der Waals surface area contributed by atoms with Gasteiger partial charge in [-0.1, -0.05) is 12.1 Å². The molecule has 3 rings (SSSR count). The fraction of sp³-hybridized carbons (Fsp3) is 0.263. The zero-order valence-electron chi connectivity index (χ0n) is 15.2. The highest BCUT2D eigenvalue weighted by Crippen LogP contribution is 2.25. The van der Waals surface area contributed by atoms with Gasteiger partial charge in [0.25, 0.3) is 5.91 Å². The molecule has 1 fully saturated rings. The van der Waals surface area contributed by atoms with Crippen molar-refractivity contribution in [2.75, 3.05) is 27.7 Å². The molecule has 0 aliphatic carbocycles. The molecule has 1 saturated heterocycles. The van der Waals surface area contributed by atoms with E-state index in [0.29, 0.717) is 35.5 Å². The highest BCUT2D eigenvalue weighted by atomic mass is 32.2. The molecule has 8 heteroatoms. The first kappa shape index (κ1) is 18.9. The van der Waals surface area contributed by atoms with Gasteiger partial charge in [0.1, 0.15) is 0 Å². The van der Waals surface area contributed by atoms with E-state index >= 15 is 0 Å². The summed E-state index contributed by atoms with van der Waals surface area (Å²) in [5.41, 5.74) is 2.72. The standard InChI is InChI=1S/C19H21N3O4S/c1-13-8-9-14(11-17(13)21-27(2,25)26)19(24)20-15-5-3-6-16(12-15)22-10-4-7-18(22)23/h3,5-6,8-9,11-12,21H,4,7,10H2,1-2H3,(H,20,24). The number of hydrogen-bond donors (Lipinski definition) is 2. The molecule has 7 nitrogen and oxygen atoms in total. The van der Waals surface area contributed by atoms with Crippen LogP contribution >= 0.6 is 0 Å². The predicted octanol–water partition coefficient (Wildman–Crippen LogP) is 2.75. The molecule has 0 atom stereocenters. The largest absolute Gasteiger partial charge is 0.322 e. The molecule has 2 N–H and O–H groups in total. The Bertz CT molecular complexity index is 1000. The molecule has 0 radical (unpaired) electrons. The van der Waals surface area contributed by atoms with Crippen LogP contribution in [-0.2, 0) is 14.8 Å². The van der Waals surface area contributed by atoms with Gasteiger partial charge in [0.05, 0.1) is 11.9 Å². The van der Waals surface area contributed by atoms with E-state index in [2.05, 4.69) is 10.0 Å². The van der Waals surface area contributed by atoms with Gasteiger partial charge in [0.2, 0.25) is 15.9 Å². The molecule has 2 aromatic rings. The van der Waals surface area contributed by atoms with Crippen molar-refractivity contribution >= 4 is 38.9 Å². The van der Waals surface area contributed by atoms with Gasteiger partial charge in [-0.3, -0.25) is 14.3 Å². The summed E-state index contributed by atoms with van der Waals surface area (Å²) in [7, 11) is -3.44. The summed E-state index contributed by atoms with van der Waals surface area (Å²) >= 11 is 0. The Balaban J connectivity index is 1.79. The second-order valence-corrected chi connectivity index (χ2v) is 8.31. The van der Waals surface area contributed by atoms with Crippen LogP contribution in [0.5, 0.6) is 0 Å². The first-order valence-corrected chi connectivity index (χ1v) is 10.4. The van der Waals surface area contributed by atoms with E-state index in [-0.39, 0.29) is 11.8 Å². The van der Waals surface area contributed by atoms with E-state index < -0.39 is 10.0 Å². The summed E-state index contributed by atoms with van der Waals surface area (Å²) in [5, 5.41) is 2.79. The number of amides is 2. The van der Waals surface area contributed by atoms with Crippen molar-refractivity contribution in [2.24, 2.45) is 0 Å². The van der Waals surface area contributed by atoms with Crippen LogP contribution in [0.15, 0.2) is 42.5 Å². The lowest BCUT2D eigenvalue weighted by Gasteiger charge is -2.17. The summed E-state index contributed by atoms with van der Waals surface area (Å²) in [4.78, 5) is 26.2. The van der Waals surface area contributed by atoms with Crippen molar-refractivity contribution in [1.82, 2.24) is 0 Å². The van der Waals surface area contributed by atoms with Crippen LogP contribution in [0.3, 0.4) is 0 Å². The first-order valence-electron chi connectivity index (χ1n) is 8.53. The number of nitrogens with one attached hydrogen (secondary N) is 2. The maximum absolute atomic E-state index is 12.6. The number of rotatable bonds is 5. The van der Waals surface area contributed by atoms with E-state index in [4.69, 9.17) is 0 Å². The molecule has 0 unspecified atom stereocenters. The third-order valence-corrected chi connectivity index (χ3v) is 4.87. The molecule has 0 spiro atoms. The molecule has 0 aromatic heterocycles. The zero-order valence-corrected chi connectivity index (χ0v) is 16.0. The second kappa shape index (κ2) is 7.40. The van der Waals surface area contributed by atoms with E-state index in [1.54, 1.807) is 42.2 Å². The SMILES string of the molecule is Cc1ccc(C(=O)Nc2cccc(N3CCCC3=O)c2)cc1NS(C)(=O)=O. The Hall–Kier alpha value is -2.87. The third-order valence-electron chi connectivity index (χ3n) is 4.28. The van der Waals surface area contributed by atoms with Crippen LogP contribution in [0.4, 0.5) is 17.1 Å². The minimum atomic E-state index is -3.44. The summed E-state index contributed by atoms with van der Waals surface area (Å²) < 4.78 is 25.3. The van der Waals surface area contributed by atoms with Gasteiger partial charge in [-0.15, -0.1) is 0 Å². The summed E-state index contributed by atoms with van der Waals surface area (Å²) in [5.74, 6) is -0.287. The maximum Gasteiger partial charge on any atom is 0.255 e. The van der Waals surface area contributed by atoms with E-state index in [1.807, 2.05) is 6.07 Å². The van der Waals surface area contributed by atoms with Crippen molar-refractivity contribution in [3.63, 3.8) is 0 Å². The number of anilines is 3. The van der Waals surface area contributed by atoms with Gasteiger partial charge in [0, 0.05) is 29.9 Å². The van der Waals surface area contributed by atoms with E-state index in [9.17, 15) is 18.0 Å². The fourth-order valence-corrected chi connectivity index (χ4v) is 3.57. The summed E-state index contributed by atoms with van der Waals surface area (Å²) in [6.07, 6.45) is 2.43. The lowest BCUT2D eigenvalue weighted by atomic mass is 10.1. The number of carbonyl (C=O) groups is 2. The van der Waals surface area contributed by atoms with E-state index in [1.165, 1.54) is 6.07 Å². The number of benzene rings is 2. The van der Waals surface area contributed by atoms with Gasteiger partial charge in [-0.05, 0) is 49.2 Å². The highest BCUT2D eigenvalue weighted by Gasteiger charge is 2.22. The number of hydrogen-bond acceptors (Lipinski definition) is 4. The van der Waals surface area contributed by atoms with Crippen molar-refractivity contribution in [1.29, 1.82) is 0 Å². The molecule has 1 aliphatic heterocycles. The molecule has 1 heterocycles. The molecule has 2 amide bonds. The number of aryl methyl sites for hydroxylation is 1. The van der Waals surface area contributed by atoms with Crippen LogP contribution in [0.1, 0.15) is 28.8 Å². The van der Waals surface area contributed by atoms with Gasteiger partial charge < -0.3 is 10.2 Å². The monoisotopic (exact) mass is 387 g/mol. The van der Waals surface area contributed by atoms with Crippen molar-refractivity contribution < 1.29 is 18.0 Å². The Labute approximate surface area is 158 Å². The first-order chi connectivity index (χ1) is 12.7. The minimum Gasteiger partial charge on any atom is -0.322 e. The van der Waals surface area contributed by atoms with Gasteiger partial charge in [-0.25, -0.2) is 8.42 Å². The molecular weight excluding hydrogens is 366 g/mol. The minimum absolute atomic E-state index is 0.0773. The van der Waals surface area contributed by atoms with Crippen molar-refractivity contribution in [3.05, 3.63) is 53.6 Å². The average molecular weight is 387 g/mol. The molecule has 0 bridgehead atoms. The Kier molecular flexibility index (Phi) is 5.18. The molecule has 2 aromatic carbocycles. The molecule has 27 heavy (non-hydrogen) atoms. The summed E-state index contributed by atoms with van der Waals surface area (Å²) in [6.45, 7) is 2.43. The average Bonchev–Trinajstić information content (AvgIpc) is 3.02. The molecule has 142 valence electrons. The second-order valence-electron chi connectivity index (χ2n) is 6.56. The lowest BCUT2D eigenvalue weighted by molar-refractivity contribution is -0.117. The van der Waals surface area contributed by atoms with Crippen LogP contribution < -0.4 is 14.9 Å². The number of sulfonamides is 1. The van der Waals surface area contributed by atoms with Crippen molar-refractivity contribution in [2.45, 2.75) is 19.8 Å². The Morgan fingerprint density at radius 1 is 1.15 bits per heavy atom. The highest BCUT2D eigenvalue weighted by molar-refractivity contribution is 7.92. The molecule has 0 saturated carbocycles. The zero-order chi connectivity index (χ0) is 19.6. The Morgan fingerprint density at radius 3 is 2.59 bits per heavy atom. The predicted molar refractivity (Wildman–Crippen MR) is 106 cm³/mol. The van der Waals surface area contributed by atoms with E-state index in [0.717, 1.165) is 18.4 Å². The topological polar surface area (TPSA) is 95.6 Å². The molecular formula is C19H21N3O4S. The summed E-state index contributed by atoms with van der Waals surface area (Å²) in [6, 6.07) is 11.9. The normalized spacial score (nSPS) is 14.3.